The van der Waals surface area contributed by atoms with Gasteiger partial charge in [-0.15, -0.1) is 0 Å². The minimum Gasteiger partial charge on any atom is -0.381 e. The second-order valence-corrected chi connectivity index (χ2v) is 14.9. The molecule has 3 fully saturated rings. The van der Waals surface area contributed by atoms with Gasteiger partial charge in [0, 0.05) is 32.7 Å². The van der Waals surface area contributed by atoms with Crippen molar-refractivity contribution in [3.63, 3.8) is 0 Å². The number of anilines is 4. The summed E-state index contributed by atoms with van der Waals surface area (Å²) in [6.07, 6.45) is 10.3. The topological polar surface area (TPSA) is 148 Å². The lowest BCUT2D eigenvalue weighted by atomic mass is 9.80. The Morgan fingerprint density at radius 2 is 1.67 bits per heavy atom. The number of sulfonamides is 1. The number of ether oxygens (including phenoxy) is 1. The number of carbonyl (C=O) groups excluding carboxylic acids is 1. The Morgan fingerprint density at radius 1 is 1.02 bits per heavy atom. The van der Waals surface area contributed by atoms with Crippen LogP contribution in [0.3, 0.4) is 0 Å². The summed E-state index contributed by atoms with van der Waals surface area (Å²) in [5.74, 6) is -0.894. The Kier molecular flexibility index (Phi) is 9.48. The van der Waals surface area contributed by atoms with E-state index in [4.69, 9.17) is 10.5 Å². The Bertz CT molecular complexity index is 1460. The Hall–Kier alpha value is -3.04. The summed E-state index contributed by atoms with van der Waals surface area (Å²) in [4.78, 5) is 19.5. The predicted octanol–water partition coefficient (Wildman–Crippen LogP) is 3.87. The number of pyridine rings is 1. The number of nitrogen functional groups attached to an aromatic ring is 1. The van der Waals surface area contributed by atoms with Crippen molar-refractivity contribution in [1.29, 1.82) is 0 Å². The molecule has 2 saturated heterocycles. The number of aromatic nitrogens is 3. The number of carbonyl (C=O) groups is 1. The van der Waals surface area contributed by atoms with Crippen LogP contribution in [0.4, 0.5) is 31.8 Å². The van der Waals surface area contributed by atoms with E-state index < -0.39 is 38.7 Å². The van der Waals surface area contributed by atoms with Crippen LogP contribution in [0.15, 0.2) is 12.4 Å². The van der Waals surface area contributed by atoms with Crippen molar-refractivity contribution in [2.45, 2.75) is 87.6 Å². The van der Waals surface area contributed by atoms with Crippen LogP contribution in [0, 0.1) is 5.82 Å². The number of fused-ring (bicyclic) bond motifs is 2. The molecule has 1 spiro atoms. The summed E-state index contributed by atoms with van der Waals surface area (Å²) in [6, 6.07) is 0. The van der Waals surface area contributed by atoms with Crippen LogP contribution in [0.25, 0.3) is 0 Å². The monoisotopic (exact) mass is 650 g/mol. The van der Waals surface area contributed by atoms with Crippen molar-refractivity contribution in [3.8, 4) is 0 Å². The van der Waals surface area contributed by atoms with Crippen molar-refractivity contribution < 1.29 is 26.7 Å². The normalized spacial score (nSPS) is 23.7. The lowest BCUT2D eigenvalue weighted by Crippen LogP contribution is -2.51. The van der Waals surface area contributed by atoms with Crippen molar-refractivity contribution in [2.24, 2.45) is 0 Å². The minimum atomic E-state index is -3.50. The zero-order valence-electron chi connectivity index (χ0n) is 25.6. The first-order valence-electron chi connectivity index (χ1n) is 16.3. The molecule has 1 amide bonds. The molecule has 5 heterocycles. The average Bonchev–Trinajstić information content (AvgIpc) is 3.39. The minimum absolute atomic E-state index is 0.0272. The zero-order chi connectivity index (χ0) is 31.6. The third-order valence-electron chi connectivity index (χ3n) is 9.94. The molecule has 3 aliphatic heterocycles. The summed E-state index contributed by atoms with van der Waals surface area (Å²) in [6.45, 7) is 2.03. The van der Waals surface area contributed by atoms with Gasteiger partial charge in [0.05, 0.1) is 42.1 Å². The number of halogens is 2. The Labute approximate surface area is 263 Å². The van der Waals surface area contributed by atoms with Gasteiger partial charge in [-0.3, -0.25) is 9.78 Å². The van der Waals surface area contributed by atoms with Gasteiger partial charge < -0.3 is 26.0 Å². The molecular weight excluding hydrogens is 606 g/mol. The summed E-state index contributed by atoms with van der Waals surface area (Å²) in [7, 11) is -3.50. The van der Waals surface area contributed by atoms with E-state index in [1.165, 1.54) is 16.9 Å². The molecule has 2 aromatic rings. The third-order valence-corrected chi connectivity index (χ3v) is 12.3. The zero-order valence-corrected chi connectivity index (χ0v) is 26.5. The molecule has 248 valence electrons. The summed E-state index contributed by atoms with van der Waals surface area (Å²) in [5, 5.41) is 9.80. The van der Waals surface area contributed by atoms with Gasteiger partial charge in [0.1, 0.15) is 23.2 Å². The van der Waals surface area contributed by atoms with Gasteiger partial charge in [-0.2, -0.15) is 9.40 Å². The van der Waals surface area contributed by atoms with Crippen LogP contribution >= 0.6 is 0 Å². The van der Waals surface area contributed by atoms with Crippen molar-refractivity contribution in [1.82, 2.24) is 19.1 Å². The second-order valence-electron chi connectivity index (χ2n) is 12.7. The molecule has 45 heavy (non-hydrogen) atoms. The number of rotatable bonds is 5. The van der Waals surface area contributed by atoms with E-state index in [0.29, 0.717) is 57.8 Å². The smallest absolute Gasteiger partial charge is 0.263 e. The Morgan fingerprint density at radius 3 is 2.33 bits per heavy atom. The van der Waals surface area contributed by atoms with Gasteiger partial charge in [-0.1, -0.05) is 44.9 Å². The van der Waals surface area contributed by atoms with Crippen molar-refractivity contribution in [2.75, 3.05) is 67.2 Å². The number of nitrogens with one attached hydrogen (secondary N) is 2. The molecule has 1 unspecified atom stereocenters. The molecule has 0 aromatic carbocycles. The van der Waals surface area contributed by atoms with E-state index in [1.807, 2.05) is 0 Å². The lowest BCUT2D eigenvalue weighted by molar-refractivity contribution is 0.0721. The third kappa shape index (κ3) is 6.22. The highest BCUT2D eigenvalue weighted by Crippen LogP contribution is 2.44. The molecule has 4 aliphatic rings. The standard InChI is InChI=1S/C30H44F2N8O4S/c31-22-18-34-19-23(26(22)38-12-8-21(9-13-38)45(42,43)39-14-16-44-17-15-39)36-29(41)25-27(33)37-40-28(25)35-20-24(32)30(40)10-6-4-2-1-3-5-7-11-30/h18-19,21,24,35H,1-17,20H2,(H2,33,37)(H,36,41). The average molecular weight is 651 g/mol. The van der Waals surface area contributed by atoms with Gasteiger partial charge in [0.25, 0.3) is 5.91 Å². The van der Waals surface area contributed by atoms with E-state index in [9.17, 15) is 13.2 Å². The largest absolute Gasteiger partial charge is 0.381 e. The molecule has 1 saturated carbocycles. The molecular formula is C30H44F2N8O4S. The van der Waals surface area contributed by atoms with E-state index in [0.717, 1.165) is 44.7 Å². The van der Waals surface area contributed by atoms with Gasteiger partial charge in [-0.25, -0.2) is 21.9 Å². The molecule has 1 aliphatic carbocycles. The highest BCUT2D eigenvalue weighted by Gasteiger charge is 2.47. The second kappa shape index (κ2) is 13.4. The summed E-state index contributed by atoms with van der Waals surface area (Å²) < 4.78 is 65.9. The summed E-state index contributed by atoms with van der Waals surface area (Å²) >= 11 is 0. The van der Waals surface area contributed by atoms with Gasteiger partial charge in [0.15, 0.2) is 11.6 Å². The van der Waals surface area contributed by atoms with Gasteiger partial charge >= 0.3 is 0 Å². The van der Waals surface area contributed by atoms with Crippen molar-refractivity contribution >= 4 is 38.9 Å². The van der Waals surface area contributed by atoms with Crippen LogP contribution in [0.2, 0.25) is 0 Å². The fourth-order valence-corrected chi connectivity index (χ4v) is 9.35. The number of hydrogen-bond donors (Lipinski definition) is 3. The van der Waals surface area contributed by atoms with E-state index in [2.05, 4.69) is 20.7 Å². The van der Waals surface area contributed by atoms with E-state index in [-0.39, 0.29) is 42.4 Å². The van der Waals surface area contributed by atoms with Gasteiger partial charge in [-0.05, 0) is 25.7 Å². The molecule has 1 atom stereocenters. The Balaban J connectivity index is 1.22. The quantitative estimate of drug-likeness (QED) is 0.439. The van der Waals surface area contributed by atoms with Crippen LogP contribution in [0.5, 0.6) is 0 Å². The number of nitrogens with zero attached hydrogens (tertiary/aromatic N) is 5. The van der Waals surface area contributed by atoms with Crippen LogP contribution in [-0.4, -0.2) is 90.8 Å². The summed E-state index contributed by atoms with van der Waals surface area (Å²) in [5.41, 5.74) is 5.82. The molecule has 12 nitrogen and oxygen atoms in total. The maximum atomic E-state index is 15.8. The van der Waals surface area contributed by atoms with Gasteiger partial charge in [0.2, 0.25) is 10.0 Å². The number of hydrogen-bond acceptors (Lipinski definition) is 9. The molecule has 2 aromatic heterocycles. The molecule has 15 heteroatoms. The number of alkyl halides is 1. The first-order chi connectivity index (χ1) is 21.7. The van der Waals surface area contributed by atoms with E-state index in [1.54, 1.807) is 9.58 Å². The molecule has 6 rings (SSSR count). The highest BCUT2D eigenvalue weighted by atomic mass is 32.2. The molecule has 0 bridgehead atoms. The lowest BCUT2D eigenvalue weighted by Gasteiger charge is -2.42. The number of piperidine rings is 1. The SMILES string of the molecule is Nc1nn2c(c1C(=O)Nc1cncc(F)c1N1CCC(S(=O)(=O)N3CCOCC3)CC1)NCC(F)C21CCCCCCCCC1. The molecule has 4 N–H and O–H groups in total. The number of nitrogens with two attached hydrogens (primary N) is 1. The van der Waals surface area contributed by atoms with Crippen LogP contribution < -0.4 is 21.3 Å². The van der Waals surface area contributed by atoms with Crippen LogP contribution in [-0.2, 0) is 20.3 Å². The molecule has 0 radical (unpaired) electrons. The van der Waals surface area contributed by atoms with E-state index >= 15 is 8.78 Å². The van der Waals surface area contributed by atoms with Crippen LogP contribution in [0.1, 0.15) is 81.0 Å². The number of morpholine rings is 1. The highest BCUT2D eigenvalue weighted by molar-refractivity contribution is 7.89. The maximum Gasteiger partial charge on any atom is 0.263 e. The number of amides is 1. The predicted molar refractivity (Wildman–Crippen MR) is 168 cm³/mol. The maximum absolute atomic E-state index is 15.8. The fraction of sp³-hybridized carbons (Fsp3) is 0.700. The fourth-order valence-electron chi connectivity index (χ4n) is 7.46. The van der Waals surface area contributed by atoms with Crippen molar-refractivity contribution in [3.05, 3.63) is 23.8 Å². The first-order valence-corrected chi connectivity index (χ1v) is 17.8. The first kappa shape index (κ1) is 31.9.